The summed E-state index contributed by atoms with van der Waals surface area (Å²) in [5.74, 6) is -0.734. The molecule has 0 spiro atoms. The molecule has 7 heteroatoms. The van der Waals surface area contributed by atoms with Crippen LogP contribution in [0.4, 0.5) is 0 Å². The van der Waals surface area contributed by atoms with Crippen LogP contribution in [0.3, 0.4) is 0 Å². The number of morpholine rings is 1. The maximum Gasteiger partial charge on any atom is 0.259 e. The van der Waals surface area contributed by atoms with Crippen molar-refractivity contribution < 1.29 is 14.3 Å². The van der Waals surface area contributed by atoms with Gasteiger partial charge in [-0.25, -0.2) is 0 Å². The third-order valence-corrected chi connectivity index (χ3v) is 6.98. The maximum atomic E-state index is 13.0. The highest BCUT2D eigenvalue weighted by molar-refractivity contribution is 6.36. The summed E-state index contributed by atoms with van der Waals surface area (Å²) in [4.78, 5) is 28.3. The van der Waals surface area contributed by atoms with Crippen LogP contribution in [0.25, 0.3) is 32.9 Å². The number of benzene rings is 3. The summed E-state index contributed by atoms with van der Waals surface area (Å²) in [7, 11) is 0. The number of para-hydroxylation sites is 1. The van der Waals surface area contributed by atoms with Gasteiger partial charge in [0.25, 0.3) is 11.8 Å². The van der Waals surface area contributed by atoms with Gasteiger partial charge in [-0.05, 0) is 23.8 Å². The lowest BCUT2D eigenvalue weighted by molar-refractivity contribution is 0.0366. The molecule has 0 bridgehead atoms. The van der Waals surface area contributed by atoms with Gasteiger partial charge in [-0.15, -0.1) is 0 Å². The van der Waals surface area contributed by atoms with Gasteiger partial charge in [0.15, 0.2) is 0 Å². The van der Waals surface area contributed by atoms with Gasteiger partial charge in [-0.1, -0.05) is 48.0 Å². The topological polar surface area (TPSA) is 63.6 Å². The van der Waals surface area contributed by atoms with Crippen molar-refractivity contribution in [1.29, 1.82) is 0 Å². The molecular weight excluding hydrogens is 438 g/mol. The fraction of sp³-hybridized carbons (Fsp3) is 0.231. The van der Waals surface area contributed by atoms with Crippen molar-refractivity contribution in [2.75, 3.05) is 32.8 Å². The zero-order chi connectivity index (χ0) is 22.5. The van der Waals surface area contributed by atoms with E-state index >= 15 is 0 Å². The standard InChI is InChI=1S/C26H22ClN3O3/c27-19-7-3-1-5-16(19)18-15-21-22(24-23(18)25(31)28-26(24)32)17-6-2-4-8-20(17)30(21)10-9-29-11-13-33-14-12-29/h1-8,15H,9-14H2,(H,28,31,32). The number of hydrogen-bond acceptors (Lipinski definition) is 4. The maximum absolute atomic E-state index is 13.0. The number of fused-ring (bicyclic) bond motifs is 5. The van der Waals surface area contributed by atoms with E-state index in [1.807, 2.05) is 42.5 Å². The molecule has 1 N–H and O–H groups in total. The van der Waals surface area contributed by atoms with Gasteiger partial charge in [0, 0.05) is 53.1 Å². The molecule has 4 aromatic rings. The summed E-state index contributed by atoms with van der Waals surface area (Å²) in [5, 5.41) is 4.85. The van der Waals surface area contributed by atoms with Gasteiger partial charge in [-0.2, -0.15) is 0 Å². The second kappa shape index (κ2) is 7.99. The van der Waals surface area contributed by atoms with E-state index < -0.39 is 0 Å². The minimum Gasteiger partial charge on any atom is -0.379 e. The Labute approximate surface area is 195 Å². The first-order chi connectivity index (χ1) is 16.1. The quantitative estimate of drug-likeness (QED) is 0.461. The van der Waals surface area contributed by atoms with E-state index in [4.69, 9.17) is 16.3 Å². The molecule has 2 aliphatic rings. The Balaban J connectivity index is 1.63. The molecule has 0 unspecified atom stereocenters. The second-order valence-corrected chi connectivity index (χ2v) is 8.86. The molecule has 0 atom stereocenters. The number of nitrogens with one attached hydrogen (secondary N) is 1. The van der Waals surface area contributed by atoms with Crippen LogP contribution in [0.2, 0.25) is 5.02 Å². The molecule has 33 heavy (non-hydrogen) atoms. The van der Waals surface area contributed by atoms with Crippen LogP contribution in [0.15, 0.2) is 54.6 Å². The van der Waals surface area contributed by atoms with Crippen molar-refractivity contribution in [3.05, 3.63) is 70.7 Å². The van der Waals surface area contributed by atoms with E-state index in [1.54, 1.807) is 6.07 Å². The first-order valence-electron chi connectivity index (χ1n) is 11.1. The molecular formula is C26H22ClN3O3. The summed E-state index contributed by atoms with van der Waals surface area (Å²) < 4.78 is 7.75. The summed E-state index contributed by atoms with van der Waals surface area (Å²) in [5.41, 5.74) is 4.24. The average molecular weight is 460 g/mol. The number of carbonyl (C=O) groups excluding carboxylic acids is 2. The lowest BCUT2D eigenvalue weighted by Crippen LogP contribution is -2.38. The molecule has 6 nitrogen and oxygen atoms in total. The predicted molar refractivity (Wildman–Crippen MR) is 129 cm³/mol. The molecule has 0 aliphatic carbocycles. The van der Waals surface area contributed by atoms with Crippen LogP contribution in [-0.4, -0.2) is 54.1 Å². The van der Waals surface area contributed by atoms with Crippen LogP contribution in [0.5, 0.6) is 0 Å². The highest BCUT2D eigenvalue weighted by Crippen LogP contribution is 2.41. The van der Waals surface area contributed by atoms with Crippen LogP contribution in [-0.2, 0) is 11.3 Å². The lowest BCUT2D eigenvalue weighted by Gasteiger charge is -2.27. The predicted octanol–water partition coefficient (Wildman–Crippen LogP) is 4.33. The lowest BCUT2D eigenvalue weighted by atomic mass is 9.93. The average Bonchev–Trinajstić information content (AvgIpc) is 3.31. The summed E-state index contributed by atoms with van der Waals surface area (Å²) >= 11 is 6.53. The van der Waals surface area contributed by atoms with Gasteiger partial charge < -0.3 is 9.30 Å². The molecule has 3 heterocycles. The van der Waals surface area contributed by atoms with Crippen molar-refractivity contribution in [3.8, 4) is 11.1 Å². The van der Waals surface area contributed by atoms with Crippen molar-refractivity contribution in [2.45, 2.75) is 6.54 Å². The van der Waals surface area contributed by atoms with E-state index in [-0.39, 0.29) is 11.8 Å². The largest absolute Gasteiger partial charge is 0.379 e. The molecule has 1 fully saturated rings. The third-order valence-electron chi connectivity index (χ3n) is 6.65. The molecule has 1 saturated heterocycles. The fourth-order valence-electron chi connectivity index (χ4n) is 5.09. The highest BCUT2D eigenvalue weighted by Gasteiger charge is 2.34. The zero-order valence-electron chi connectivity index (χ0n) is 17.9. The first-order valence-corrected chi connectivity index (χ1v) is 11.5. The van der Waals surface area contributed by atoms with Gasteiger partial charge in [0.2, 0.25) is 0 Å². The molecule has 1 aromatic heterocycles. The second-order valence-electron chi connectivity index (χ2n) is 8.45. The Kier molecular flexibility index (Phi) is 4.94. The van der Waals surface area contributed by atoms with E-state index in [9.17, 15) is 9.59 Å². The Hall–Kier alpha value is -3.19. The van der Waals surface area contributed by atoms with Crippen molar-refractivity contribution >= 4 is 45.2 Å². The first kappa shape index (κ1) is 20.4. The number of nitrogens with zero attached hydrogens (tertiary/aromatic N) is 2. The Bertz CT molecular complexity index is 1440. The highest BCUT2D eigenvalue weighted by atomic mass is 35.5. The summed E-state index contributed by atoms with van der Waals surface area (Å²) in [6, 6.07) is 17.5. The van der Waals surface area contributed by atoms with E-state index in [2.05, 4.69) is 20.9 Å². The van der Waals surface area contributed by atoms with Crippen molar-refractivity contribution in [1.82, 2.24) is 14.8 Å². The number of halogens is 1. The van der Waals surface area contributed by atoms with E-state index in [1.165, 1.54) is 0 Å². The molecule has 2 amide bonds. The van der Waals surface area contributed by atoms with Crippen LogP contribution < -0.4 is 5.32 Å². The van der Waals surface area contributed by atoms with E-state index in [0.717, 1.165) is 66.8 Å². The SMILES string of the molecule is O=C1NC(=O)c2c1c(-c1ccccc1Cl)cc1c2c2ccccc2n1CCN1CCOCC1. The summed E-state index contributed by atoms with van der Waals surface area (Å²) in [6.07, 6.45) is 0. The van der Waals surface area contributed by atoms with Crippen LogP contribution >= 0.6 is 11.6 Å². The fourth-order valence-corrected chi connectivity index (χ4v) is 5.33. The number of rotatable bonds is 4. The van der Waals surface area contributed by atoms with Crippen LogP contribution in [0.1, 0.15) is 20.7 Å². The monoisotopic (exact) mass is 459 g/mol. The molecule has 6 rings (SSSR count). The Morgan fingerprint density at radius 1 is 0.848 bits per heavy atom. The number of ether oxygens (including phenoxy) is 1. The smallest absolute Gasteiger partial charge is 0.259 e. The minimum atomic E-state index is -0.378. The van der Waals surface area contributed by atoms with Crippen molar-refractivity contribution in [2.24, 2.45) is 0 Å². The van der Waals surface area contributed by atoms with Crippen molar-refractivity contribution in [3.63, 3.8) is 0 Å². The molecule has 0 saturated carbocycles. The zero-order valence-corrected chi connectivity index (χ0v) is 18.7. The molecule has 2 aliphatic heterocycles. The molecule has 3 aromatic carbocycles. The Morgan fingerprint density at radius 3 is 2.39 bits per heavy atom. The number of imide groups is 1. The Morgan fingerprint density at radius 2 is 1.58 bits per heavy atom. The van der Waals surface area contributed by atoms with Gasteiger partial charge >= 0.3 is 0 Å². The van der Waals surface area contributed by atoms with Crippen LogP contribution in [0, 0.1) is 0 Å². The third kappa shape index (κ3) is 3.25. The number of amides is 2. The minimum absolute atomic E-state index is 0.356. The van der Waals surface area contributed by atoms with E-state index in [0.29, 0.717) is 21.7 Å². The number of hydrogen-bond donors (Lipinski definition) is 1. The molecule has 0 radical (unpaired) electrons. The summed E-state index contributed by atoms with van der Waals surface area (Å²) in [6.45, 7) is 4.96. The normalized spacial score (nSPS) is 16.5. The molecule has 166 valence electrons. The number of carbonyl (C=O) groups is 2. The number of aromatic nitrogens is 1. The van der Waals surface area contributed by atoms with Gasteiger partial charge in [-0.3, -0.25) is 19.8 Å². The van der Waals surface area contributed by atoms with Gasteiger partial charge in [0.05, 0.1) is 29.9 Å². The van der Waals surface area contributed by atoms with Gasteiger partial charge in [0.1, 0.15) is 0 Å².